The van der Waals surface area contributed by atoms with Gasteiger partial charge < -0.3 is 10.1 Å². The molecule has 3 N–H and O–H groups in total. The van der Waals surface area contributed by atoms with Crippen LogP contribution in [0.4, 0.5) is 0 Å². The first-order valence-electron chi connectivity index (χ1n) is 5.79. The summed E-state index contributed by atoms with van der Waals surface area (Å²) in [7, 11) is -2.26. The Bertz CT molecular complexity index is 755. The zero-order valence-corrected chi connectivity index (χ0v) is 12.7. The van der Waals surface area contributed by atoms with E-state index in [1.54, 1.807) is 12.1 Å². The Kier molecular flexibility index (Phi) is 4.56. The largest absolute Gasteiger partial charge is 0.494 e. The fourth-order valence-corrected chi connectivity index (χ4v) is 3.32. The quantitative estimate of drug-likeness (QED) is 0.841. The van der Waals surface area contributed by atoms with Crippen molar-refractivity contribution < 1.29 is 17.9 Å². The second kappa shape index (κ2) is 6.20. The Hall–Kier alpha value is -1.97. The number of methoxy groups -OCH3 is 1. The van der Waals surface area contributed by atoms with E-state index >= 15 is 0 Å². The van der Waals surface area contributed by atoms with Crippen molar-refractivity contribution in [1.82, 2.24) is 10.3 Å². The molecule has 0 saturated carbocycles. The summed E-state index contributed by atoms with van der Waals surface area (Å²) in [6.45, 7) is 0.199. The smallest absolute Gasteiger partial charge is 0.255 e. The fraction of sp³-hybridized carbons (Fsp3) is 0.167. The minimum atomic E-state index is -3.71. The standard InChI is InChI=1S/C12H13N3O4S2/c1-19-10-7-14-5-4-9(10)12(16)15-6-8-2-3-11(20-8)21(13,17)18/h2-5,7H,6H2,1H3,(H,15,16)(H2,13,17,18). The zero-order valence-electron chi connectivity index (χ0n) is 11.1. The zero-order chi connectivity index (χ0) is 15.5. The number of carbonyl (C=O) groups excluding carboxylic acids is 1. The van der Waals surface area contributed by atoms with Crippen LogP contribution in [-0.2, 0) is 16.6 Å². The Balaban J connectivity index is 2.06. The number of carbonyl (C=O) groups is 1. The van der Waals surface area contributed by atoms with Crippen LogP contribution in [0.1, 0.15) is 15.2 Å². The molecular weight excluding hydrogens is 314 g/mol. The lowest BCUT2D eigenvalue weighted by atomic mass is 10.2. The average Bonchev–Trinajstić information content (AvgIpc) is 2.93. The van der Waals surface area contributed by atoms with Crippen molar-refractivity contribution in [2.24, 2.45) is 5.14 Å². The molecule has 2 heterocycles. The molecular formula is C12H13N3O4S2. The van der Waals surface area contributed by atoms with Gasteiger partial charge in [0.15, 0.2) is 0 Å². The van der Waals surface area contributed by atoms with Crippen LogP contribution < -0.4 is 15.2 Å². The summed E-state index contributed by atoms with van der Waals surface area (Å²) in [6, 6.07) is 4.56. The SMILES string of the molecule is COc1cnccc1C(=O)NCc1ccc(S(N)(=O)=O)s1. The molecule has 0 aliphatic rings. The van der Waals surface area contributed by atoms with Crippen molar-refractivity contribution in [2.75, 3.05) is 7.11 Å². The number of nitrogens with zero attached hydrogens (tertiary/aromatic N) is 1. The van der Waals surface area contributed by atoms with Gasteiger partial charge in [0.2, 0.25) is 10.0 Å². The molecule has 0 saturated heterocycles. The molecule has 0 spiro atoms. The molecule has 2 aromatic heterocycles. The Morgan fingerprint density at radius 3 is 2.81 bits per heavy atom. The Morgan fingerprint density at radius 2 is 2.19 bits per heavy atom. The first kappa shape index (κ1) is 15.4. The summed E-state index contributed by atoms with van der Waals surface area (Å²) < 4.78 is 27.4. The van der Waals surface area contributed by atoms with Gasteiger partial charge in [-0.2, -0.15) is 0 Å². The van der Waals surface area contributed by atoms with Crippen LogP contribution in [-0.4, -0.2) is 26.4 Å². The van der Waals surface area contributed by atoms with E-state index in [2.05, 4.69) is 10.3 Å². The fourth-order valence-electron chi connectivity index (χ4n) is 1.60. The molecule has 0 unspecified atom stereocenters. The topological polar surface area (TPSA) is 111 Å². The molecule has 0 radical (unpaired) electrons. The summed E-state index contributed by atoms with van der Waals surface area (Å²) in [5.41, 5.74) is 0.357. The van der Waals surface area contributed by atoms with Crippen molar-refractivity contribution in [3.8, 4) is 5.75 Å². The molecule has 0 aliphatic carbocycles. The molecule has 2 aromatic rings. The minimum absolute atomic E-state index is 0.0632. The van der Waals surface area contributed by atoms with Crippen LogP contribution >= 0.6 is 11.3 Å². The van der Waals surface area contributed by atoms with Crippen molar-refractivity contribution in [3.63, 3.8) is 0 Å². The number of thiophene rings is 1. The maximum absolute atomic E-state index is 12.0. The van der Waals surface area contributed by atoms with Gasteiger partial charge in [-0.3, -0.25) is 9.78 Å². The molecule has 0 fully saturated rings. The average molecular weight is 327 g/mol. The summed E-state index contributed by atoms with van der Waals surface area (Å²) in [5, 5.41) is 7.71. The third-order valence-corrected chi connectivity index (χ3v) is 5.11. The number of nitrogens with two attached hydrogens (primary N) is 1. The summed E-state index contributed by atoms with van der Waals surface area (Å²) in [5.74, 6) is 0.0335. The van der Waals surface area contributed by atoms with Crippen LogP contribution in [0.15, 0.2) is 34.8 Å². The molecule has 0 bridgehead atoms. The molecule has 21 heavy (non-hydrogen) atoms. The summed E-state index contributed by atoms with van der Waals surface area (Å²) in [6.07, 6.45) is 2.93. The second-order valence-electron chi connectivity index (χ2n) is 4.02. The van der Waals surface area contributed by atoms with E-state index in [-0.39, 0.29) is 16.7 Å². The lowest BCUT2D eigenvalue weighted by molar-refractivity contribution is 0.0948. The van der Waals surface area contributed by atoms with E-state index in [0.717, 1.165) is 11.3 Å². The third kappa shape index (κ3) is 3.78. The Morgan fingerprint density at radius 1 is 1.43 bits per heavy atom. The number of hydrogen-bond acceptors (Lipinski definition) is 6. The summed E-state index contributed by atoms with van der Waals surface area (Å²) in [4.78, 5) is 16.6. The van der Waals surface area contributed by atoms with Gasteiger partial charge in [0, 0.05) is 11.1 Å². The highest BCUT2D eigenvalue weighted by atomic mass is 32.2. The molecule has 112 valence electrons. The van der Waals surface area contributed by atoms with E-state index < -0.39 is 10.0 Å². The maximum Gasteiger partial charge on any atom is 0.255 e. The number of hydrogen-bond donors (Lipinski definition) is 2. The monoisotopic (exact) mass is 327 g/mol. The number of pyridine rings is 1. The first-order chi connectivity index (χ1) is 9.91. The lowest BCUT2D eigenvalue weighted by Gasteiger charge is -2.07. The van der Waals surface area contributed by atoms with Gasteiger partial charge in [0.25, 0.3) is 5.91 Å². The van der Waals surface area contributed by atoms with Gasteiger partial charge in [0.1, 0.15) is 9.96 Å². The predicted molar refractivity (Wildman–Crippen MR) is 77.7 cm³/mol. The van der Waals surface area contributed by atoms with Crippen molar-refractivity contribution in [3.05, 3.63) is 41.0 Å². The summed E-state index contributed by atoms with van der Waals surface area (Å²) >= 11 is 1.02. The van der Waals surface area contributed by atoms with Gasteiger partial charge in [0.05, 0.1) is 25.4 Å². The molecule has 1 amide bonds. The van der Waals surface area contributed by atoms with E-state index in [0.29, 0.717) is 16.2 Å². The van der Waals surface area contributed by atoms with Crippen LogP contribution in [0.3, 0.4) is 0 Å². The number of ether oxygens (including phenoxy) is 1. The Labute approximate surface area is 125 Å². The van der Waals surface area contributed by atoms with Gasteiger partial charge in [-0.1, -0.05) is 0 Å². The maximum atomic E-state index is 12.0. The molecule has 2 rings (SSSR count). The number of sulfonamides is 1. The molecule has 7 nitrogen and oxygen atoms in total. The number of rotatable bonds is 5. The third-order valence-electron chi connectivity index (χ3n) is 2.59. The van der Waals surface area contributed by atoms with Gasteiger partial charge in [-0.05, 0) is 18.2 Å². The number of aromatic nitrogens is 1. The van der Waals surface area contributed by atoms with Crippen molar-refractivity contribution >= 4 is 27.3 Å². The number of nitrogens with one attached hydrogen (secondary N) is 1. The normalized spacial score (nSPS) is 11.1. The molecule has 0 aliphatic heterocycles. The van der Waals surface area contributed by atoms with Crippen LogP contribution in [0.25, 0.3) is 0 Å². The highest BCUT2D eigenvalue weighted by Gasteiger charge is 2.14. The molecule has 9 heteroatoms. The van der Waals surface area contributed by atoms with E-state index in [1.807, 2.05) is 0 Å². The van der Waals surface area contributed by atoms with Crippen molar-refractivity contribution in [2.45, 2.75) is 10.8 Å². The van der Waals surface area contributed by atoms with Gasteiger partial charge in [-0.15, -0.1) is 11.3 Å². The predicted octanol–water partition coefficient (Wildman–Crippen LogP) is 0.729. The second-order valence-corrected chi connectivity index (χ2v) is 6.98. The van der Waals surface area contributed by atoms with E-state index in [9.17, 15) is 13.2 Å². The van der Waals surface area contributed by atoms with E-state index in [4.69, 9.17) is 9.88 Å². The lowest BCUT2D eigenvalue weighted by Crippen LogP contribution is -2.22. The number of amides is 1. The van der Waals surface area contributed by atoms with Crippen molar-refractivity contribution in [1.29, 1.82) is 0 Å². The highest BCUT2D eigenvalue weighted by molar-refractivity contribution is 7.91. The van der Waals surface area contributed by atoms with E-state index in [1.165, 1.54) is 25.6 Å². The number of primary sulfonamides is 1. The van der Waals surface area contributed by atoms with Crippen LogP contribution in [0.5, 0.6) is 5.75 Å². The van der Waals surface area contributed by atoms with Gasteiger partial charge >= 0.3 is 0 Å². The van der Waals surface area contributed by atoms with Gasteiger partial charge in [-0.25, -0.2) is 13.6 Å². The highest BCUT2D eigenvalue weighted by Crippen LogP contribution is 2.20. The first-order valence-corrected chi connectivity index (χ1v) is 8.16. The van der Waals surface area contributed by atoms with Crippen LogP contribution in [0.2, 0.25) is 0 Å². The minimum Gasteiger partial charge on any atom is -0.494 e. The molecule has 0 aromatic carbocycles. The molecule has 0 atom stereocenters. The van der Waals surface area contributed by atoms with Crippen LogP contribution in [0, 0.1) is 0 Å².